The molecular formula is C19H24F2O7. The Labute approximate surface area is 161 Å². The Morgan fingerprint density at radius 3 is 2.07 bits per heavy atom. The second-order valence-corrected chi connectivity index (χ2v) is 7.09. The van der Waals surface area contributed by atoms with Crippen LogP contribution in [0, 0.1) is 5.92 Å². The molecule has 156 valence electrons. The van der Waals surface area contributed by atoms with Crippen LogP contribution in [0.1, 0.15) is 51.4 Å². The number of halogens is 2. The molecule has 0 amide bonds. The topological polar surface area (TPSA) is 99.1 Å². The van der Waals surface area contributed by atoms with Gasteiger partial charge in [-0.3, -0.25) is 0 Å². The number of carboxylic acid groups (broad SMARTS) is 1. The number of aliphatic carboxylic acids is 1. The zero-order valence-corrected chi connectivity index (χ0v) is 16.3. The van der Waals surface area contributed by atoms with Crippen molar-refractivity contribution in [2.75, 3.05) is 0 Å². The molecule has 0 bridgehead atoms. The molecule has 0 saturated carbocycles. The summed E-state index contributed by atoms with van der Waals surface area (Å²) in [6.45, 7) is 7.90. The van der Waals surface area contributed by atoms with E-state index in [4.69, 9.17) is 19.3 Å². The van der Waals surface area contributed by atoms with Gasteiger partial charge >= 0.3 is 24.0 Å². The lowest BCUT2D eigenvalue weighted by atomic mass is 10.0. The second kappa shape index (κ2) is 8.99. The van der Waals surface area contributed by atoms with E-state index < -0.39 is 41.6 Å². The zero-order chi connectivity index (χ0) is 21.7. The predicted molar refractivity (Wildman–Crippen MR) is 94.5 cm³/mol. The van der Waals surface area contributed by atoms with Crippen LogP contribution in [-0.2, 0) is 14.3 Å². The average Bonchev–Trinajstić information content (AvgIpc) is 2.58. The lowest BCUT2D eigenvalue weighted by Crippen LogP contribution is -2.47. The van der Waals surface area contributed by atoms with Crippen molar-refractivity contribution in [1.82, 2.24) is 0 Å². The molecule has 0 aliphatic rings. The highest BCUT2D eigenvalue weighted by atomic mass is 19.3. The third kappa shape index (κ3) is 6.17. The normalized spacial score (nSPS) is 13.0. The van der Waals surface area contributed by atoms with E-state index in [1.54, 1.807) is 13.8 Å². The van der Waals surface area contributed by atoms with E-state index in [2.05, 4.69) is 0 Å². The highest BCUT2D eigenvalue weighted by molar-refractivity contribution is 5.90. The van der Waals surface area contributed by atoms with Gasteiger partial charge in [-0.2, -0.15) is 8.78 Å². The number of alkyl halides is 2. The van der Waals surface area contributed by atoms with Gasteiger partial charge < -0.3 is 19.3 Å². The summed E-state index contributed by atoms with van der Waals surface area (Å²) in [7, 11) is 0. The highest BCUT2D eigenvalue weighted by Crippen LogP contribution is 2.28. The first-order valence-electron chi connectivity index (χ1n) is 8.63. The number of benzene rings is 1. The molecule has 1 aromatic carbocycles. The van der Waals surface area contributed by atoms with E-state index in [-0.39, 0.29) is 11.3 Å². The summed E-state index contributed by atoms with van der Waals surface area (Å²) >= 11 is 0. The SMILES string of the molecule is CCC(C)(C)OC(=O)Oc1ccc(C(=O)OC(C(C)C)C(F)(F)C(=O)O)cc1. The van der Waals surface area contributed by atoms with E-state index in [0.29, 0.717) is 6.42 Å². The van der Waals surface area contributed by atoms with Crippen molar-refractivity contribution in [1.29, 1.82) is 0 Å². The molecule has 1 aromatic rings. The monoisotopic (exact) mass is 402 g/mol. The largest absolute Gasteiger partial charge is 0.514 e. The number of carbonyl (C=O) groups excluding carboxylic acids is 2. The third-order valence-corrected chi connectivity index (χ3v) is 3.98. The summed E-state index contributed by atoms with van der Waals surface area (Å²) in [4.78, 5) is 34.6. The third-order valence-electron chi connectivity index (χ3n) is 3.98. The van der Waals surface area contributed by atoms with Crippen LogP contribution in [0.3, 0.4) is 0 Å². The van der Waals surface area contributed by atoms with E-state index in [1.165, 1.54) is 38.1 Å². The molecule has 0 radical (unpaired) electrons. The molecule has 7 nitrogen and oxygen atoms in total. The smallest absolute Gasteiger partial charge is 0.477 e. The fraction of sp³-hybridized carbons (Fsp3) is 0.526. The molecule has 0 aliphatic heterocycles. The van der Waals surface area contributed by atoms with Gasteiger partial charge in [-0.15, -0.1) is 0 Å². The standard InChI is InChI=1S/C19H24F2O7/c1-6-18(4,5)28-17(25)26-13-9-7-12(8-10-13)15(22)27-14(11(2)3)19(20,21)16(23)24/h7-11,14H,6H2,1-5H3,(H,23,24). The van der Waals surface area contributed by atoms with Crippen molar-refractivity contribution < 1.29 is 42.5 Å². The molecule has 0 saturated heterocycles. The summed E-state index contributed by atoms with van der Waals surface area (Å²) < 4.78 is 42.3. The molecule has 0 spiro atoms. The minimum atomic E-state index is -4.23. The molecule has 1 rings (SSSR count). The first kappa shape index (κ1) is 23.3. The number of hydrogen-bond donors (Lipinski definition) is 1. The van der Waals surface area contributed by atoms with Gasteiger partial charge in [-0.1, -0.05) is 20.8 Å². The fourth-order valence-corrected chi connectivity index (χ4v) is 2.01. The summed E-state index contributed by atoms with van der Waals surface area (Å²) in [6, 6.07) is 4.92. The highest BCUT2D eigenvalue weighted by Gasteiger charge is 2.51. The van der Waals surface area contributed by atoms with E-state index in [0.717, 1.165) is 0 Å². The molecule has 1 N–H and O–H groups in total. The maximum Gasteiger partial charge on any atom is 0.514 e. The predicted octanol–water partition coefficient (Wildman–Crippen LogP) is 4.29. The van der Waals surface area contributed by atoms with Gasteiger partial charge in [0.1, 0.15) is 11.4 Å². The molecule has 0 aromatic heterocycles. The van der Waals surface area contributed by atoms with Gasteiger partial charge in [0, 0.05) is 0 Å². The molecule has 0 fully saturated rings. The molecule has 1 atom stereocenters. The molecule has 9 heteroatoms. The van der Waals surface area contributed by atoms with Gasteiger partial charge in [0.15, 0.2) is 6.10 Å². The Hall–Kier alpha value is -2.71. The summed E-state index contributed by atoms with van der Waals surface area (Å²) in [5.41, 5.74) is -0.816. The first-order valence-corrected chi connectivity index (χ1v) is 8.63. The number of carbonyl (C=O) groups is 3. The van der Waals surface area contributed by atoms with E-state index >= 15 is 0 Å². The molecule has 0 aliphatic carbocycles. The van der Waals surface area contributed by atoms with Crippen molar-refractivity contribution in [2.24, 2.45) is 5.92 Å². The number of esters is 1. The maximum atomic E-state index is 13.8. The van der Waals surface area contributed by atoms with Crippen molar-refractivity contribution in [3.8, 4) is 5.75 Å². The number of rotatable bonds is 8. The van der Waals surface area contributed by atoms with Crippen molar-refractivity contribution in [3.05, 3.63) is 29.8 Å². The van der Waals surface area contributed by atoms with Crippen molar-refractivity contribution >= 4 is 18.1 Å². The Bertz CT molecular complexity index is 711. The second-order valence-electron chi connectivity index (χ2n) is 7.09. The van der Waals surface area contributed by atoms with Crippen LogP contribution in [0.4, 0.5) is 13.6 Å². The number of ether oxygens (including phenoxy) is 3. The quantitative estimate of drug-likeness (QED) is 0.511. The first-order chi connectivity index (χ1) is 12.8. The van der Waals surface area contributed by atoms with Crippen LogP contribution in [0.25, 0.3) is 0 Å². The number of carboxylic acids is 1. The van der Waals surface area contributed by atoms with Crippen molar-refractivity contribution in [2.45, 2.75) is 58.7 Å². The van der Waals surface area contributed by atoms with Crippen LogP contribution >= 0.6 is 0 Å². The molecular weight excluding hydrogens is 378 g/mol. The summed E-state index contributed by atoms with van der Waals surface area (Å²) in [6.07, 6.45) is -2.49. The fourth-order valence-electron chi connectivity index (χ4n) is 2.01. The summed E-state index contributed by atoms with van der Waals surface area (Å²) in [5, 5.41) is 8.66. The minimum absolute atomic E-state index is 0.0738. The molecule has 28 heavy (non-hydrogen) atoms. The molecule has 1 unspecified atom stereocenters. The van der Waals surface area contributed by atoms with Crippen LogP contribution in [0.2, 0.25) is 0 Å². The Kier molecular flexibility index (Phi) is 7.49. The van der Waals surface area contributed by atoms with Gasteiger partial charge in [-0.25, -0.2) is 14.4 Å². The van der Waals surface area contributed by atoms with Crippen LogP contribution in [0.15, 0.2) is 24.3 Å². The Morgan fingerprint density at radius 1 is 1.11 bits per heavy atom. The average molecular weight is 402 g/mol. The zero-order valence-electron chi connectivity index (χ0n) is 16.3. The van der Waals surface area contributed by atoms with Crippen LogP contribution < -0.4 is 4.74 Å². The maximum absolute atomic E-state index is 13.8. The lowest BCUT2D eigenvalue weighted by molar-refractivity contribution is -0.187. The van der Waals surface area contributed by atoms with Gasteiger partial charge in [0.25, 0.3) is 0 Å². The summed E-state index contributed by atoms with van der Waals surface area (Å²) in [5.74, 6) is -8.60. The lowest BCUT2D eigenvalue weighted by Gasteiger charge is -2.26. The van der Waals surface area contributed by atoms with E-state index in [9.17, 15) is 23.2 Å². The Morgan fingerprint density at radius 2 is 1.64 bits per heavy atom. The van der Waals surface area contributed by atoms with Crippen molar-refractivity contribution in [3.63, 3.8) is 0 Å². The van der Waals surface area contributed by atoms with E-state index in [1.807, 2.05) is 6.92 Å². The molecule has 0 heterocycles. The van der Waals surface area contributed by atoms with Gasteiger partial charge in [0.05, 0.1) is 5.56 Å². The Balaban J connectivity index is 2.83. The van der Waals surface area contributed by atoms with Gasteiger partial charge in [0.2, 0.25) is 0 Å². The minimum Gasteiger partial charge on any atom is -0.477 e. The van der Waals surface area contributed by atoms with Crippen LogP contribution in [-0.4, -0.2) is 40.8 Å². The van der Waals surface area contributed by atoms with Crippen LogP contribution in [0.5, 0.6) is 5.75 Å². The number of hydrogen-bond acceptors (Lipinski definition) is 6. The van der Waals surface area contributed by atoms with Gasteiger partial charge in [-0.05, 0) is 50.5 Å².